The maximum atomic E-state index is 12.1. The SMILES string of the molecule is CCCCOC(=O)c1cccc(C(=O)OCCCCCCCCCl)c1. The van der Waals surface area contributed by atoms with E-state index >= 15 is 0 Å². The summed E-state index contributed by atoms with van der Waals surface area (Å²) >= 11 is 5.63. The van der Waals surface area contributed by atoms with Crippen LogP contribution in [-0.2, 0) is 9.47 Å². The fraction of sp³-hybridized carbons (Fsp3) is 0.600. The molecule has 0 fully saturated rings. The third-order valence-corrected chi connectivity index (χ3v) is 4.09. The first-order chi connectivity index (χ1) is 12.2. The van der Waals surface area contributed by atoms with Crippen LogP contribution in [0.2, 0.25) is 0 Å². The average molecular weight is 369 g/mol. The Kier molecular flexibility index (Phi) is 11.8. The summed E-state index contributed by atoms with van der Waals surface area (Å²) in [5, 5.41) is 0. The number of rotatable bonds is 13. The van der Waals surface area contributed by atoms with E-state index in [1.54, 1.807) is 18.2 Å². The Bertz CT molecular complexity index is 516. The maximum Gasteiger partial charge on any atom is 0.338 e. The lowest BCUT2D eigenvalue weighted by Gasteiger charge is -2.07. The minimum atomic E-state index is -0.403. The maximum absolute atomic E-state index is 12.1. The van der Waals surface area contributed by atoms with E-state index in [0.29, 0.717) is 24.3 Å². The van der Waals surface area contributed by atoms with Gasteiger partial charge in [-0.1, -0.05) is 45.1 Å². The third-order valence-electron chi connectivity index (χ3n) is 3.83. The molecule has 1 aromatic carbocycles. The first kappa shape index (κ1) is 21.5. The average Bonchev–Trinajstić information content (AvgIpc) is 2.64. The van der Waals surface area contributed by atoms with Crippen molar-refractivity contribution in [1.29, 1.82) is 0 Å². The van der Waals surface area contributed by atoms with E-state index < -0.39 is 11.9 Å². The Morgan fingerprint density at radius 3 is 1.92 bits per heavy atom. The van der Waals surface area contributed by atoms with Crippen LogP contribution in [0, 0.1) is 0 Å². The second-order valence-electron chi connectivity index (χ2n) is 6.02. The number of hydrogen-bond donors (Lipinski definition) is 0. The number of halogens is 1. The molecule has 140 valence electrons. The van der Waals surface area contributed by atoms with Gasteiger partial charge in [-0.3, -0.25) is 0 Å². The summed E-state index contributed by atoms with van der Waals surface area (Å²) in [7, 11) is 0. The van der Waals surface area contributed by atoms with Crippen molar-refractivity contribution in [2.75, 3.05) is 19.1 Å². The predicted octanol–water partition coefficient (Wildman–Crippen LogP) is 5.38. The molecule has 0 amide bonds. The number of alkyl halides is 1. The Labute approximate surface area is 155 Å². The van der Waals surface area contributed by atoms with Crippen LogP contribution < -0.4 is 0 Å². The Hall–Kier alpha value is -1.55. The summed E-state index contributed by atoms with van der Waals surface area (Å²) in [4.78, 5) is 24.0. The Morgan fingerprint density at radius 1 is 0.840 bits per heavy atom. The molecule has 0 N–H and O–H groups in total. The molecule has 25 heavy (non-hydrogen) atoms. The van der Waals surface area contributed by atoms with Crippen molar-refractivity contribution in [3.63, 3.8) is 0 Å². The molecule has 5 heteroatoms. The molecule has 0 atom stereocenters. The van der Waals surface area contributed by atoms with Gasteiger partial charge in [-0.25, -0.2) is 9.59 Å². The van der Waals surface area contributed by atoms with Crippen LogP contribution >= 0.6 is 11.6 Å². The lowest BCUT2D eigenvalue weighted by molar-refractivity contribution is 0.0497. The van der Waals surface area contributed by atoms with Gasteiger partial charge in [0.05, 0.1) is 24.3 Å². The molecule has 0 saturated heterocycles. The number of carbonyl (C=O) groups excluding carboxylic acids is 2. The third kappa shape index (κ3) is 9.49. The van der Waals surface area contributed by atoms with Crippen LogP contribution in [0.3, 0.4) is 0 Å². The number of benzene rings is 1. The van der Waals surface area contributed by atoms with E-state index in [2.05, 4.69) is 0 Å². The van der Waals surface area contributed by atoms with Gasteiger partial charge in [0.1, 0.15) is 0 Å². The normalized spacial score (nSPS) is 10.5. The van der Waals surface area contributed by atoms with Crippen molar-refractivity contribution in [2.45, 2.75) is 58.3 Å². The number of carbonyl (C=O) groups is 2. The molecule has 0 saturated carbocycles. The van der Waals surface area contributed by atoms with Crippen LogP contribution in [0.1, 0.15) is 79.0 Å². The van der Waals surface area contributed by atoms with Crippen molar-refractivity contribution in [2.24, 2.45) is 0 Å². The fourth-order valence-corrected chi connectivity index (χ4v) is 2.51. The summed E-state index contributed by atoms with van der Waals surface area (Å²) in [5.41, 5.74) is 0.761. The molecule has 0 bridgehead atoms. The molecular formula is C20H29ClO4. The zero-order valence-electron chi connectivity index (χ0n) is 15.1. The van der Waals surface area contributed by atoms with Crippen LogP contribution in [0.4, 0.5) is 0 Å². The number of unbranched alkanes of at least 4 members (excludes halogenated alkanes) is 6. The van der Waals surface area contributed by atoms with Crippen molar-refractivity contribution in [3.8, 4) is 0 Å². The van der Waals surface area contributed by atoms with E-state index in [-0.39, 0.29) is 0 Å². The quantitative estimate of drug-likeness (QED) is 0.266. The van der Waals surface area contributed by atoms with Gasteiger partial charge in [-0.15, -0.1) is 11.6 Å². The highest BCUT2D eigenvalue weighted by Crippen LogP contribution is 2.10. The van der Waals surface area contributed by atoms with Crippen LogP contribution in [0.15, 0.2) is 24.3 Å². The summed E-state index contributed by atoms with van der Waals surface area (Å²) in [6, 6.07) is 6.50. The van der Waals surface area contributed by atoms with Gasteiger partial charge in [0, 0.05) is 5.88 Å². The molecule has 0 unspecified atom stereocenters. The molecule has 0 aromatic heterocycles. The molecule has 1 rings (SSSR count). The molecule has 1 aromatic rings. The van der Waals surface area contributed by atoms with Crippen molar-refractivity contribution < 1.29 is 19.1 Å². The Balaban J connectivity index is 2.31. The summed E-state index contributed by atoms with van der Waals surface area (Å²) in [6.07, 6.45) is 8.21. The highest BCUT2D eigenvalue weighted by molar-refractivity contribution is 6.17. The topological polar surface area (TPSA) is 52.6 Å². The van der Waals surface area contributed by atoms with E-state index in [4.69, 9.17) is 21.1 Å². The van der Waals surface area contributed by atoms with E-state index in [0.717, 1.165) is 50.8 Å². The molecule has 0 heterocycles. The molecule has 0 radical (unpaired) electrons. The summed E-state index contributed by atoms with van der Waals surface area (Å²) in [6.45, 7) is 2.83. The molecule has 0 aliphatic heterocycles. The van der Waals surface area contributed by atoms with E-state index in [1.807, 2.05) is 6.92 Å². The standard InChI is InChI=1S/C20H29ClO4/c1-2-3-14-24-19(22)17-11-10-12-18(16-17)20(23)25-15-9-7-5-4-6-8-13-21/h10-12,16H,2-9,13-15H2,1H3. The minimum Gasteiger partial charge on any atom is -0.462 e. The zero-order chi connectivity index (χ0) is 18.3. The number of hydrogen-bond acceptors (Lipinski definition) is 4. The first-order valence-corrected chi connectivity index (χ1v) is 9.72. The minimum absolute atomic E-state index is 0.379. The van der Waals surface area contributed by atoms with Crippen LogP contribution in [0.25, 0.3) is 0 Å². The van der Waals surface area contributed by atoms with Gasteiger partial charge >= 0.3 is 11.9 Å². The number of ether oxygens (including phenoxy) is 2. The van der Waals surface area contributed by atoms with Gasteiger partial charge in [-0.05, 0) is 37.5 Å². The highest BCUT2D eigenvalue weighted by Gasteiger charge is 2.12. The Morgan fingerprint density at radius 2 is 1.36 bits per heavy atom. The number of esters is 2. The van der Waals surface area contributed by atoms with Gasteiger partial charge in [0.25, 0.3) is 0 Å². The second-order valence-corrected chi connectivity index (χ2v) is 6.39. The van der Waals surface area contributed by atoms with Crippen LogP contribution in [0.5, 0.6) is 0 Å². The molecule has 0 aliphatic rings. The largest absolute Gasteiger partial charge is 0.462 e. The van der Waals surface area contributed by atoms with Gasteiger partial charge in [-0.2, -0.15) is 0 Å². The van der Waals surface area contributed by atoms with Crippen LogP contribution in [-0.4, -0.2) is 31.0 Å². The van der Waals surface area contributed by atoms with Crippen molar-refractivity contribution in [3.05, 3.63) is 35.4 Å². The van der Waals surface area contributed by atoms with E-state index in [9.17, 15) is 9.59 Å². The molecular weight excluding hydrogens is 340 g/mol. The fourth-order valence-electron chi connectivity index (χ4n) is 2.32. The summed E-state index contributed by atoms with van der Waals surface area (Å²) < 4.78 is 10.4. The van der Waals surface area contributed by atoms with E-state index in [1.165, 1.54) is 12.5 Å². The summed E-state index contributed by atoms with van der Waals surface area (Å²) in [5.74, 6) is -0.0755. The molecule has 0 spiro atoms. The lowest BCUT2D eigenvalue weighted by Crippen LogP contribution is -2.10. The lowest BCUT2D eigenvalue weighted by atomic mass is 10.1. The molecule has 4 nitrogen and oxygen atoms in total. The molecule has 0 aliphatic carbocycles. The highest BCUT2D eigenvalue weighted by atomic mass is 35.5. The first-order valence-electron chi connectivity index (χ1n) is 9.19. The van der Waals surface area contributed by atoms with Crippen molar-refractivity contribution >= 4 is 23.5 Å². The second kappa shape index (κ2) is 13.7. The van der Waals surface area contributed by atoms with Gasteiger partial charge in [0.2, 0.25) is 0 Å². The predicted molar refractivity (Wildman–Crippen MR) is 100 cm³/mol. The zero-order valence-corrected chi connectivity index (χ0v) is 15.9. The van der Waals surface area contributed by atoms with Gasteiger partial charge < -0.3 is 9.47 Å². The smallest absolute Gasteiger partial charge is 0.338 e. The monoisotopic (exact) mass is 368 g/mol. The van der Waals surface area contributed by atoms with Crippen molar-refractivity contribution in [1.82, 2.24) is 0 Å². The van der Waals surface area contributed by atoms with Gasteiger partial charge in [0.15, 0.2) is 0 Å².